The van der Waals surface area contributed by atoms with E-state index in [4.69, 9.17) is 4.74 Å². The van der Waals surface area contributed by atoms with Crippen LogP contribution in [0.1, 0.15) is 23.3 Å². The number of fused-ring (bicyclic) bond motifs is 4. The first-order chi connectivity index (χ1) is 13.3. The maximum atomic E-state index is 12.3. The fourth-order valence-electron chi connectivity index (χ4n) is 3.91. The third-order valence-corrected chi connectivity index (χ3v) is 6.36. The second-order valence-corrected chi connectivity index (χ2v) is 7.93. The Labute approximate surface area is 161 Å². The molecule has 1 aromatic carbocycles. The molecule has 0 unspecified atom stereocenters. The Kier molecular flexibility index (Phi) is 4.16. The number of amides is 1. The van der Waals surface area contributed by atoms with E-state index in [2.05, 4.69) is 15.3 Å². The highest BCUT2D eigenvalue weighted by Crippen LogP contribution is 2.39. The van der Waals surface area contributed by atoms with Crippen LogP contribution >= 0.6 is 11.3 Å². The maximum Gasteiger partial charge on any atom is 0.265 e. The number of anilines is 2. The van der Waals surface area contributed by atoms with Gasteiger partial charge in [0.15, 0.2) is 6.61 Å². The van der Waals surface area contributed by atoms with E-state index in [0.717, 1.165) is 47.9 Å². The van der Waals surface area contributed by atoms with E-state index in [1.165, 1.54) is 22.2 Å². The summed E-state index contributed by atoms with van der Waals surface area (Å²) in [5, 5.41) is 4.67. The molecule has 138 valence electrons. The van der Waals surface area contributed by atoms with Gasteiger partial charge in [-0.2, -0.15) is 0 Å². The Hall–Kier alpha value is -2.67. The minimum Gasteiger partial charge on any atom is -0.482 e. The smallest absolute Gasteiger partial charge is 0.265 e. The summed E-state index contributed by atoms with van der Waals surface area (Å²) in [6, 6.07) is 7.69. The number of rotatable bonds is 5. The molecule has 1 amide bonds. The van der Waals surface area contributed by atoms with Crippen LogP contribution in [0.15, 0.2) is 30.6 Å². The number of carbonyl (C=O) groups excluding carboxylic acids is 1. The first kappa shape index (κ1) is 16.5. The van der Waals surface area contributed by atoms with E-state index < -0.39 is 0 Å². The Morgan fingerprint density at radius 1 is 1.22 bits per heavy atom. The highest BCUT2D eigenvalue weighted by atomic mass is 32.1. The average Bonchev–Trinajstić information content (AvgIpc) is 3.27. The van der Waals surface area contributed by atoms with Crippen molar-refractivity contribution in [2.75, 3.05) is 29.9 Å². The number of aryl methyl sites for hydroxylation is 2. The lowest BCUT2D eigenvalue weighted by Crippen LogP contribution is -2.39. The van der Waals surface area contributed by atoms with Gasteiger partial charge < -0.3 is 15.0 Å². The number of hydrogen-bond donors (Lipinski definition) is 1. The van der Waals surface area contributed by atoms with Gasteiger partial charge in [-0.1, -0.05) is 12.1 Å². The highest BCUT2D eigenvalue weighted by molar-refractivity contribution is 7.19. The summed E-state index contributed by atoms with van der Waals surface area (Å²) < 4.78 is 5.50. The van der Waals surface area contributed by atoms with Crippen LogP contribution in [0.4, 0.5) is 11.5 Å². The van der Waals surface area contributed by atoms with Gasteiger partial charge >= 0.3 is 0 Å². The summed E-state index contributed by atoms with van der Waals surface area (Å²) in [6.07, 6.45) is 5.98. The molecule has 3 aromatic rings. The highest BCUT2D eigenvalue weighted by Gasteiger charge is 2.25. The zero-order valence-electron chi connectivity index (χ0n) is 14.9. The summed E-state index contributed by atoms with van der Waals surface area (Å²) in [5.74, 6) is 1.71. The van der Waals surface area contributed by atoms with Crippen molar-refractivity contribution in [3.63, 3.8) is 0 Å². The van der Waals surface area contributed by atoms with Gasteiger partial charge in [-0.15, -0.1) is 11.3 Å². The third-order valence-electron chi connectivity index (χ3n) is 5.16. The molecule has 27 heavy (non-hydrogen) atoms. The second-order valence-electron chi connectivity index (χ2n) is 6.84. The number of thiophene rings is 1. The molecule has 0 saturated heterocycles. The molecule has 0 fully saturated rings. The molecule has 1 aliphatic heterocycles. The summed E-state index contributed by atoms with van der Waals surface area (Å²) in [5.41, 5.74) is 2.28. The summed E-state index contributed by atoms with van der Waals surface area (Å²) in [6.45, 7) is 1.52. The lowest BCUT2D eigenvalue weighted by molar-refractivity contribution is -0.121. The normalized spacial score (nSPS) is 15.6. The van der Waals surface area contributed by atoms with Crippen molar-refractivity contribution >= 4 is 39.0 Å². The predicted molar refractivity (Wildman–Crippen MR) is 107 cm³/mol. The summed E-state index contributed by atoms with van der Waals surface area (Å²) in [7, 11) is 0. The molecule has 7 heteroatoms. The Bertz CT molecular complexity index is 1020. The van der Waals surface area contributed by atoms with Crippen LogP contribution in [-0.4, -0.2) is 35.6 Å². The molecule has 3 heterocycles. The van der Waals surface area contributed by atoms with Crippen LogP contribution in [0.3, 0.4) is 0 Å². The largest absolute Gasteiger partial charge is 0.482 e. The number of para-hydroxylation sites is 2. The van der Waals surface area contributed by atoms with Crippen molar-refractivity contribution in [3.05, 3.63) is 41.0 Å². The topological polar surface area (TPSA) is 67.3 Å². The van der Waals surface area contributed by atoms with Gasteiger partial charge in [-0.3, -0.25) is 4.79 Å². The van der Waals surface area contributed by atoms with Crippen LogP contribution < -0.4 is 15.0 Å². The number of carbonyl (C=O) groups is 1. The zero-order chi connectivity index (χ0) is 18.2. The van der Waals surface area contributed by atoms with Crippen LogP contribution in [-0.2, 0) is 17.6 Å². The lowest BCUT2D eigenvalue weighted by Gasteiger charge is -2.29. The number of aromatic nitrogens is 2. The predicted octanol–water partition coefficient (Wildman–Crippen LogP) is 3.41. The molecular weight excluding hydrogens is 360 g/mol. The molecule has 6 nitrogen and oxygen atoms in total. The number of hydrogen-bond acceptors (Lipinski definition) is 6. The molecule has 0 bridgehead atoms. The molecule has 0 radical (unpaired) electrons. The van der Waals surface area contributed by atoms with Gasteiger partial charge in [-0.05, 0) is 43.4 Å². The van der Waals surface area contributed by atoms with Crippen molar-refractivity contribution in [1.29, 1.82) is 0 Å². The molecule has 0 saturated carbocycles. The standard InChI is InChI=1S/C20H20N4O2S/c25-17-11-26-15-7-2-1-6-14(15)24(17)10-4-9-21-19-18-13-5-3-8-16(13)27-20(18)23-12-22-19/h1-2,6-7,12H,3-5,8-11H2,(H,21,22,23). The summed E-state index contributed by atoms with van der Waals surface area (Å²) in [4.78, 5) is 25.5. The van der Waals surface area contributed by atoms with Crippen LogP contribution in [0.2, 0.25) is 0 Å². The van der Waals surface area contributed by atoms with Gasteiger partial charge in [0.05, 0.1) is 11.1 Å². The van der Waals surface area contributed by atoms with Crippen molar-refractivity contribution in [1.82, 2.24) is 9.97 Å². The fraction of sp³-hybridized carbons (Fsp3) is 0.350. The first-order valence-electron chi connectivity index (χ1n) is 9.32. The van der Waals surface area contributed by atoms with Crippen LogP contribution in [0.5, 0.6) is 5.75 Å². The van der Waals surface area contributed by atoms with E-state index in [1.54, 1.807) is 17.7 Å². The quantitative estimate of drug-likeness (QED) is 0.687. The minimum absolute atomic E-state index is 0.00813. The fourth-order valence-corrected chi connectivity index (χ4v) is 5.13. The molecule has 1 N–H and O–H groups in total. The Morgan fingerprint density at radius 2 is 2.15 bits per heavy atom. The number of nitrogens with zero attached hydrogens (tertiary/aromatic N) is 3. The molecule has 2 aromatic heterocycles. The molecule has 2 aliphatic rings. The van der Waals surface area contributed by atoms with Crippen molar-refractivity contribution in [2.45, 2.75) is 25.7 Å². The minimum atomic E-state index is 0.00813. The van der Waals surface area contributed by atoms with E-state index in [9.17, 15) is 4.79 Å². The zero-order valence-corrected chi connectivity index (χ0v) is 15.7. The van der Waals surface area contributed by atoms with E-state index in [-0.39, 0.29) is 12.5 Å². The van der Waals surface area contributed by atoms with Crippen molar-refractivity contribution < 1.29 is 9.53 Å². The second kappa shape index (κ2) is 6.81. The van der Waals surface area contributed by atoms with Gasteiger partial charge in [0.2, 0.25) is 0 Å². The van der Waals surface area contributed by atoms with Crippen LogP contribution in [0.25, 0.3) is 10.2 Å². The monoisotopic (exact) mass is 380 g/mol. The van der Waals surface area contributed by atoms with E-state index in [0.29, 0.717) is 6.54 Å². The van der Waals surface area contributed by atoms with Crippen molar-refractivity contribution in [2.24, 2.45) is 0 Å². The maximum absolute atomic E-state index is 12.3. The Morgan fingerprint density at radius 3 is 3.11 bits per heavy atom. The molecule has 5 rings (SSSR count). The molecule has 0 spiro atoms. The SMILES string of the molecule is O=C1COc2ccccc2N1CCCNc1ncnc2sc3c(c12)CCC3. The number of ether oxygens (including phenoxy) is 1. The van der Waals surface area contributed by atoms with Gasteiger partial charge in [0.25, 0.3) is 5.91 Å². The lowest BCUT2D eigenvalue weighted by atomic mass is 10.2. The molecule has 0 atom stereocenters. The van der Waals surface area contributed by atoms with E-state index >= 15 is 0 Å². The summed E-state index contributed by atoms with van der Waals surface area (Å²) >= 11 is 1.80. The van der Waals surface area contributed by atoms with Gasteiger partial charge in [0, 0.05) is 18.0 Å². The Balaban J connectivity index is 1.28. The molecule has 1 aliphatic carbocycles. The van der Waals surface area contributed by atoms with Gasteiger partial charge in [-0.25, -0.2) is 9.97 Å². The third kappa shape index (κ3) is 2.92. The number of nitrogens with one attached hydrogen (secondary N) is 1. The molecular formula is C20H20N4O2S. The first-order valence-corrected chi connectivity index (χ1v) is 10.1. The average molecular weight is 380 g/mol. The number of benzene rings is 1. The van der Waals surface area contributed by atoms with Crippen LogP contribution in [0, 0.1) is 0 Å². The van der Waals surface area contributed by atoms with Crippen molar-refractivity contribution in [3.8, 4) is 5.75 Å². The van der Waals surface area contributed by atoms with Gasteiger partial charge in [0.1, 0.15) is 22.7 Å². The van der Waals surface area contributed by atoms with E-state index in [1.807, 2.05) is 29.2 Å².